The van der Waals surface area contributed by atoms with Crippen molar-refractivity contribution < 1.29 is 9.53 Å². The smallest absolute Gasteiger partial charge is 0.166 e. The van der Waals surface area contributed by atoms with Crippen LogP contribution in [0.5, 0.6) is 5.75 Å². The highest BCUT2D eigenvalue weighted by atomic mass is 35.5. The van der Waals surface area contributed by atoms with Gasteiger partial charge in [0.15, 0.2) is 5.78 Å². The Labute approximate surface area is 152 Å². The van der Waals surface area contributed by atoms with E-state index in [1.807, 2.05) is 36.4 Å². The summed E-state index contributed by atoms with van der Waals surface area (Å²) < 4.78 is 5.13. The summed E-state index contributed by atoms with van der Waals surface area (Å²) in [6.07, 6.45) is 1.62. The summed E-state index contributed by atoms with van der Waals surface area (Å²) in [5.74, 6) is 0.989. The maximum atomic E-state index is 12.7. The molecule has 0 amide bonds. The minimum absolute atomic E-state index is 0.0403. The third kappa shape index (κ3) is 3.78. The number of ether oxygens (including phenoxy) is 1. The van der Waals surface area contributed by atoms with Crippen molar-refractivity contribution in [1.82, 2.24) is 0 Å². The Balaban J connectivity index is 1.64. The number of nitriles is 1. The molecular weight excluding hydrogens is 336 g/mol. The van der Waals surface area contributed by atoms with Gasteiger partial charge in [-0.25, -0.2) is 0 Å². The van der Waals surface area contributed by atoms with Gasteiger partial charge in [0.25, 0.3) is 0 Å². The van der Waals surface area contributed by atoms with Crippen molar-refractivity contribution in [2.45, 2.75) is 12.8 Å². The predicted molar refractivity (Wildman–Crippen MR) is 98.4 cm³/mol. The molecule has 0 aliphatic carbocycles. The van der Waals surface area contributed by atoms with Crippen LogP contribution in [0.25, 0.3) is 0 Å². The second kappa shape index (κ2) is 7.58. The molecule has 0 N–H and O–H groups in total. The summed E-state index contributed by atoms with van der Waals surface area (Å²) in [7, 11) is 1.61. The Hall–Kier alpha value is -2.51. The highest BCUT2D eigenvalue weighted by Crippen LogP contribution is 2.29. The molecule has 4 nitrogen and oxygen atoms in total. The van der Waals surface area contributed by atoms with Gasteiger partial charge in [-0.1, -0.05) is 11.6 Å². The van der Waals surface area contributed by atoms with Gasteiger partial charge in [0, 0.05) is 30.3 Å². The molecule has 1 aliphatic rings. The molecule has 0 radical (unpaired) electrons. The number of hydrogen-bond acceptors (Lipinski definition) is 4. The van der Waals surface area contributed by atoms with Crippen LogP contribution in [-0.4, -0.2) is 26.0 Å². The van der Waals surface area contributed by atoms with Gasteiger partial charge in [-0.2, -0.15) is 5.26 Å². The SMILES string of the molecule is COc1ccc(C(=O)C2CCN(c3ccc(C#N)c(Cl)c3)CC2)cc1. The average Bonchev–Trinajstić information content (AvgIpc) is 2.67. The molecule has 5 heteroatoms. The lowest BCUT2D eigenvalue weighted by atomic mass is 9.88. The monoisotopic (exact) mass is 354 g/mol. The molecule has 0 unspecified atom stereocenters. The van der Waals surface area contributed by atoms with Crippen molar-refractivity contribution in [3.8, 4) is 11.8 Å². The first-order chi connectivity index (χ1) is 12.1. The Kier molecular flexibility index (Phi) is 5.25. The summed E-state index contributed by atoms with van der Waals surface area (Å²) in [6.45, 7) is 1.60. The van der Waals surface area contributed by atoms with Crippen LogP contribution in [0.1, 0.15) is 28.8 Å². The number of Topliss-reactive ketones (excluding diaryl/α,β-unsaturated/α-hetero) is 1. The van der Waals surface area contributed by atoms with E-state index in [0.29, 0.717) is 10.6 Å². The van der Waals surface area contributed by atoms with Crippen molar-refractivity contribution >= 4 is 23.1 Å². The van der Waals surface area contributed by atoms with Gasteiger partial charge in [0.1, 0.15) is 11.8 Å². The minimum Gasteiger partial charge on any atom is -0.497 e. The molecule has 0 aromatic heterocycles. The van der Waals surface area contributed by atoms with E-state index in [2.05, 4.69) is 11.0 Å². The number of rotatable bonds is 4. The predicted octanol–water partition coefficient (Wildman–Crippen LogP) is 4.32. The van der Waals surface area contributed by atoms with Crippen molar-refractivity contribution in [2.75, 3.05) is 25.1 Å². The molecule has 1 fully saturated rings. The zero-order chi connectivity index (χ0) is 17.8. The van der Waals surface area contributed by atoms with E-state index in [0.717, 1.165) is 42.9 Å². The highest BCUT2D eigenvalue weighted by molar-refractivity contribution is 6.32. The van der Waals surface area contributed by atoms with Gasteiger partial charge < -0.3 is 9.64 Å². The van der Waals surface area contributed by atoms with Crippen LogP contribution in [0.2, 0.25) is 5.02 Å². The van der Waals surface area contributed by atoms with Crippen LogP contribution in [0.4, 0.5) is 5.69 Å². The molecule has 0 saturated carbocycles. The van der Waals surface area contributed by atoms with Gasteiger partial charge in [0.05, 0.1) is 17.7 Å². The normalized spacial score (nSPS) is 14.8. The fourth-order valence-corrected chi connectivity index (χ4v) is 3.40. The number of benzene rings is 2. The molecule has 128 valence electrons. The number of carbonyl (C=O) groups excluding carboxylic acids is 1. The van der Waals surface area contributed by atoms with Crippen LogP contribution >= 0.6 is 11.6 Å². The molecule has 1 saturated heterocycles. The topological polar surface area (TPSA) is 53.3 Å². The lowest BCUT2D eigenvalue weighted by Crippen LogP contribution is -2.36. The average molecular weight is 355 g/mol. The van der Waals surface area contributed by atoms with Crippen molar-refractivity contribution in [3.63, 3.8) is 0 Å². The zero-order valence-electron chi connectivity index (χ0n) is 14.0. The lowest BCUT2D eigenvalue weighted by molar-refractivity contribution is 0.0900. The fourth-order valence-electron chi connectivity index (χ4n) is 3.18. The van der Waals surface area contributed by atoms with Gasteiger partial charge in [-0.15, -0.1) is 0 Å². The summed E-state index contributed by atoms with van der Waals surface area (Å²) in [6, 6.07) is 14.8. The number of nitrogens with zero attached hydrogens (tertiary/aromatic N) is 2. The van der Waals surface area contributed by atoms with Crippen molar-refractivity contribution in [2.24, 2.45) is 5.92 Å². The number of piperidine rings is 1. The Bertz CT molecular complexity index is 803. The number of ketones is 1. The van der Waals surface area contributed by atoms with Gasteiger partial charge >= 0.3 is 0 Å². The minimum atomic E-state index is 0.0403. The largest absolute Gasteiger partial charge is 0.497 e. The molecule has 3 rings (SSSR count). The number of methoxy groups -OCH3 is 1. The highest BCUT2D eigenvalue weighted by Gasteiger charge is 2.26. The number of hydrogen-bond donors (Lipinski definition) is 0. The van der Waals surface area contributed by atoms with Crippen LogP contribution in [0.3, 0.4) is 0 Å². The first kappa shape index (κ1) is 17.3. The maximum absolute atomic E-state index is 12.7. The van der Waals surface area contributed by atoms with E-state index >= 15 is 0 Å². The van der Waals surface area contributed by atoms with E-state index in [1.54, 1.807) is 13.2 Å². The standard InChI is InChI=1S/C20H19ClN2O2/c1-25-18-6-3-14(4-7-18)20(24)15-8-10-23(11-9-15)17-5-2-16(13-22)19(21)12-17/h2-7,12,15H,8-11H2,1H3. The number of halogens is 1. The van der Waals surface area contributed by atoms with E-state index in [-0.39, 0.29) is 11.7 Å². The summed E-state index contributed by atoms with van der Waals surface area (Å²) >= 11 is 6.12. The van der Waals surface area contributed by atoms with Gasteiger partial charge in [-0.05, 0) is 55.3 Å². The summed E-state index contributed by atoms with van der Waals surface area (Å²) in [5, 5.41) is 9.43. The fraction of sp³-hybridized carbons (Fsp3) is 0.300. The van der Waals surface area contributed by atoms with Gasteiger partial charge in [0.2, 0.25) is 0 Å². The third-order valence-corrected chi connectivity index (χ3v) is 4.99. The summed E-state index contributed by atoms with van der Waals surface area (Å²) in [4.78, 5) is 14.9. The molecule has 0 bridgehead atoms. The van der Waals surface area contributed by atoms with Crippen LogP contribution in [0.15, 0.2) is 42.5 Å². The lowest BCUT2D eigenvalue weighted by Gasteiger charge is -2.33. The number of carbonyl (C=O) groups is 1. The molecule has 2 aromatic rings. The van der Waals surface area contributed by atoms with Crippen LogP contribution in [-0.2, 0) is 0 Å². The quantitative estimate of drug-likeness (QED) is 0.767. The van der Waals surface area contributed by atoms with Crippen molar-refractivity contribution in [1.29, 1.82) is 5.26 Å². The van der Waals surface area contributed by atoms with Crippen molar-refractivity contribution in [3.05, 3.63) is 58.6 Å². The van der Waals surface area contributed by atoms with E-state index < -0.39 is 0 Å². The zero-order valence-corrected chi connectivity index (χ0v) is 14.8. The van der Waals surface area contributed by atoms with E-state index in [4.69, 9.17) is 21.6 Å². The second-order valence-corrected chi connectivity index (χ2v) is 6.54. The molecule has 0 spiro atoms. The Morgan fingerprint density at radius 2 is 1.88 bits per heavy atom. The Morgan fingerprint density at radius 3 is 2.44 bits per heavy atom. The van der Waals surface area contributed by atoms with Crippen LogP contribution in [0, 0.1) is 17.2 Å². The second-order valence-electron chi connectivity index (χ2n) is 6.13. The first-order valence-electron chi connectivity index (χ1n) is 8.25. The Morgan fingerprint density at radius 1 is 1.20 bits per heavy atom. The molecule has 1 aliphatic heterocycles. The van der Waals surface area contributed by atoms with Gasteiger partial charge in [-0.3, -0.25) is 4.79 Å². The van der Waals surface area contributed by atoms with Crippen LogP contribution < -0.4 is 9.64 Å². The molecule has 2 aromatic carbocycles. The third-order valence-electron chi connectivity index (χ3n) is 4.68. The molecular formula is C20H19ClN2O2. The molecule has 0 atom stereocenters. The maximum Gasteiger partial charge on any atom is 0.166 e. The molecule has 25 heavy (non-hydrogen) atoms. The summed E-state index contributed by atoms with van der Waals surface area (Å²) in [5.41, 5.74) is 2.22. The van der Waals surface area contributed by atoms with E-state index in [1.165, 1.54) is 0 Å². The first-order valence-corrected chi connectivity index (χ1v) is 8.63. The van der Waals surface area contributed by atoms with E-state index in [9.17, 15) is 4.79 Å². The number of anilines is 1. The molecule has 1 heterocycles.